The van der Waals surface area contributed by atoms with Gasteiger partial charge >= 0.3 is 24.2 Å². The molecule has 0 aliphatic carbocycles. The van der Waals surface area contributed by atoms with Crippen LogP contribution in [0.3, 0.4) is 0 Å². The lowest BCUT2D eigenvalue weighted by Gasteiger charge is -2.26. The van der Waals surface area contributed by atoms with Gasteiger partial charge in [0.05, 0.1) is 21.6 Å². The van der Waals surface area contributed by atoms with Crippen molar-refractivity contribution < 1.29 is 43.9 Å². The highest BCUT2D eigenvalue weighted by atomic mass is 35.5. The number of aromatic nitrogens is 2. The van der Waals surface area contributed by atoms with Crippen LogP contribution in [0.4, 0.5) is 43.9 Å². The summed E-state index contributed by atoms with van der Waals surface area (Å²) in [6.07, 6.45) is -11.2. The number of imidazole rings is 1. The molecule has 0 radical (unpaired) electrons. The number of hydrogen-bond acceptors (Lipinski definition) is 1. The fourth-order valence-electron chi connectivity index (χ4n) is 2.57. The maximum Gasteiger partial charge on any atom is 0.460 e. The van der Waals surface area contributed by atoms with Gasteiger partial charge in [-0.05, 0) is 29.8 Å². The first-order valence-electron chi connectivity index (χ1n) is 7.75. The first kappa shape index (κ1) is 22.2. The van der Waals surface area contributed by atoms with Crippen LogP contribution in [0, 0.1) is 0 Å². The number of H-pyrrole nitrogens is 1. The number of nitrogens with one attached hydrogen (secondary N) is 1. The average Bonchev–Trinajstić information content (AvgIpc) is 3.02. The number of alkyl halides is 10. The van der Waals surface area contributed by atoms with Crippen molar-refractivity contribution in [1.82, 2.24) is 9.97 Å². The van der Waals surface area contributed by atoms with Gasteiger partial charge < -0.3 is 4.98 Å². The number of benzene rings is 2. The minimum atomic E-state index is -6.54. The maximum absolute atomic E-state index is 13.8. The van der Waals surface area contributed by atoms with Crippen LogP contribution < -0.4 is 0 Å². The standard InChI is InChI=1S/C17H7ClF10N2/c18-10-6-12-11(5-9(10)7-1-3-8(4-2-7)15(21,22)23)29-13(30-12)14(19,20)16(24,25)17(26,27)28/h1-6H,(H,29,30). The Morgan fingerprint density at radius 1 is 0.800 bits per heavy atom. The van der Waals surface area contributed by atoms with Gasteiger partial charge in [-0.25, -0.2) is 4.98 Å². The molecule has 0 aliphatic heterocycles. The topological polar surface area (TPSA) is 28.7 Å². The number of nitrogens with zero attached hydrogens (tertiary/aromatic N) is 1. The van der Waals surface area contributed by atoms with E-state index < -0.39 is 41.1 Å². The number of halogens is 11. The van der Waals surface area contributed by atoms with E-state index in [0.29, 0.717) is 0 Å². The lowest BCUT2D eigenvalue weighted by Crippen LogP contribution is -2.50. The summed E-state index contributed by atoms with van der Waals surface area (Å²) in [5, 5.41) is -0.191. The number of hydrogen-bond donors (Lipinski definition) is 1. The molecule has 0 atom stereocenters. The molecule has 0 saturated heterocycles. The van der Waals surface area contributed by atoms with Crippen molar-refractivity contribution in [2.45, 2.75) is 24.2 Å². The quantitative estimate of drug-likeness (QED) is 0.408. The van der Waals surface area contributed by atoms with Crippen LogP contribution >= 0.6 is 11.6 Å². The second-order valence-corrected chi connectivity index (χ2v) is 6.56. The van der Waals surface area contributed by atoms with Crippen molar-refractivity contribution in [3.8, 4) is 11.1 Å². The molecule has 13 heteroatoms. The maximum atomic E-state index is 13.8. The molecule has 0 bridgehead atoms. The summed E-state index contributed by atoms with van der Waals surface area (Å²) in [6.45, 7) is 0. The van der Waals surface area contributed by atoms with Gasteiger partial charge in [-0.3, -0.25) is 0 Å². The molecule has 0 unspecified atom stereocenters. The molecule has 2 nitrogen and oxygen atoms in total. The molecule has 162 valence electrons. The van der Waals surface area contributed by atoms with E-state index in [2.05, 4.69) is 4.98 Å². The van der Waals surface area contributed by atoms with Gasteiger partial charge in [-0.15, -0.1) is 0 Å². The first-order valence-corrected chi connectivity index (χ1v) is 8.13. The van der Waals surface area contributed by atoms with Crippen LogP contribution in [-0.4, -0.2) is 22.1 Å². The van der Waals surface area contributed by atoms with Crippen LogP contribution in [0.25, 0.3) is 22.2 Å². The second-order valence-electron chi connectivity index (χ2n) is 6.16. The fourth-order valence-corrected chi connectivity index (χ4v) is 2.84. The van der Waals surface area contributed by atoms with Crippen molar-refractivity contribution in [2.75, 3.05) is 0 Å². The number of aromatic amines is 1. The molecule has 0 fully saturated rings. The van der Waals surface area contributed by atoms with Crippen LogP contribution in [0.1, 0.15) is 11.4 Å². The zero-order chi connectivity index (χ0) is 22.7. The Labute approximate surface area is 165 Å². The third-order valence-corrected chi connectivity index (χ3v) is 4.45. The average molecular weight is 465 g/mol. The Morgan fingerprint density at radius 3 is 1.87 bits per heavy atom. The van der Waals surface area contributed by atoms with E-state index in [1.165, 1.54) is 0 Å². The summed E-state index contributed by atoms with van der Waals surface area (Å²) in [5.41, 5.74) is -1.68. The van der Waals surface area contributed by atoms with Crippen molar-refractivity contribution in [1.29, 1.82) is 0 Å². The molecule has 2 aromatic carbocycles. The van der Waals surface area contributed by atoms with Gasteiger partial charge in [0.1, 0.15) is 0 Å². The van der Waals surface area contributed by atoms with Crippen molar-refractivity contribution >= 4 is 22.6 Å². The van der Waals surface area contributed by atoms with Crippen molar-refractivity contribution in [3.63, 3.8) is 0 Å². The van der Waals surface area contributed by atoms with E-state index in [1.807, 2.05) is 0 Å². The highest BCUT2D eigenvalue weighted by Gasteiger charge is 2.74. The van der Waals surface area contributed by atoms with Crippen molar-refractivity contribution in [2.24, 2.45) is 0 Å². The Kier molecular flexibility index (Phi) is 5.00. The van der Waals surface area contributed by atoms with Gasteiger partial charge in [0, 0.05) is 5.56 Å². The molecule has 3 aromatic rings. The van der Waals surface area contributed by atoms with E-state index in [-0.39, 0.29) is 21.7 Å². The highest BCUT2D eigenvalue weighted by Crippen LogP contribution is 2.51. The van der Waals surface area contributed by atoms with Gasteiger partial charge in [0.2, 0.25) is 0 Å². The molecule has 30 heavy (non-hydrogen) atoms. The van der Waals surface area contributed by atoms with Crippen LogP contribution in [-0.2, 0) is 12.1 Å². The normalized spacial score (nSPS) is 13.8. The second kappa shape index (κ2) is 6.76. The third-order valence-electron chi connectivity index (χ3n) is 4.14. The summed E-state index contributed by atoms with van der Waals surface area (Å²) in [6, 6.07) is 5.41. The Hall–Kier alpha value is -2.50. The molecule has 0 amide bonds. The van der Waals surface area contributed by atoms with E-state index in [9.17, 15) is 43.9 Å². The van der Waals surface area contributed by atoms with Gasteiger partial charge in [-0.1, -0.05) is 23.7 Å². The summed E-state index contributed by atoms with van der Waals surface area (Å²) >= 11 is 5.97. The molecule has 0 aliphatic rings. The van der Waals surface area contributed by atoms with Crippen LogP contribution in [0.15, 0.2) is 36.4 Å². The lowest BCUT2D eigenvalue weighted by molar-refractivity contribution is -0.361. The van der Waals surface area contributed by atoms with E-state index in [0.717, 1.165) is 36.4 Å². The molecule has 1 aromatic heterocycles. The lowest BCUT2D eigenvalue weighted by atomic mass is 10.0. The smallest absolute Gasteiger partial charge is 0.337 e. The molecule has 3 rings (SSSR count). The van der Waals surface area contributed by atoms with Gasteiger partial charge in [0.15, 0.2) is 5.82 Å². The Morgan fingerprint density at radius 2 is 1.37 bits per heavy atom. The Balaban J connectivity index is 2.08. The highest BCUT2D eigenvalue weighted by molar-refractivity contribution is 6.34. The zero-order valence-electron chi connectivity index (χ0n) is 14.1. The minimum absolute atomic E-state index is 0.00170. The predicted molar refractivity (Wildman–Crippen MR) is 86.4 cm³/mol. The molecular formula is C17H7ClF10N2. The molecule has 0 saturated carbocycles. The van der Waals surface area contributed by atoms with Crippen LogP contribution in [0.2, 0.25) is 5.02 Å². The van der Waals surface area contributed by atoms with Gasteiger partial charge in [0.25, 0.3) is 0 Å². The van der Waals surface area contributed by atoms with Crippen molar-refractivity contribution in [3.05, 3.63) is 52.8 Å². The molecular weight excluding hydrogens is 458 g/mol. The summed E-state index contributed by atoms with van der Waals surface area (Å²) in [5.74, 6) is -14.1. The summed E-state index contributed by atoms with van der Waals surface area (Å²) < 4.78 is 129. The van der Waals surface area contributed by atoms with E-state index >= 15 is 0 Å². The number of rotatable bonds is 3. The van der Waals surface area contributed by atoms with E-state index in [4.69, 9.17) is 11.6 Å². The molecule has 0 spiro atoms. The summed E-state index contributed by atoms with van der Waals surface area (Å²) in [7, 11) is 0. The first-order chi connectivity index (χ1) is 13.6. The van der Waals surface area contributed by atoms with Gasteiger partial charge in [-0.2, -0.15) is 43.9 Å². The predicted octanol–water partition coefficient (Wildman–Crippen LogP) is 7.19. The van der Waals surface area contributed by atoms with Crippen LogP contribution in [0.5, 0.6) is 0 Å². The third kappa shape index (κ3) is 3.57. The molecule has 1 N–H and O–H groups in total. The number of fused-ring (bicyclic) bond motifs is 1. The minimum Gasteiger partial charge on any atom is -0.337 e. The fraction of sp³-hybridized carbons (Fsp3) is 0.235. The monoisotopic (exact) mass is 464 g/mol. The summed E-state index contributed by atoms with van der Waals surface area (Å²) in [4.78, 5) is 4.81. The molecule has 1 heterocycles. The zero-order valence-corrected chi connectivity index (χ0v) is 14.8. The van der Waals surface area contributed by atoms with E-state index in [1.54, 1.807) is 4.98 Å². The largest absolute Gasteiger partial charge is 0.460 e. The SMILES string of the molecule is FC(F)(F)c1ccc(-c2cc3nc(C(F)(F)C(F)(F)C(F)(F)F)[nH]c3cc2Cl)cc1. The Bertz CT molecular complexity index is 1080.